The Morgan fingerprint density at radius 1 is 1.15 bits per heavy atom. The molecule has 5 nitrogen and oxygen atoms in total. The third-order valence-corrected chi connectivity index (χ3v) is 7.54. The molecule has 1 heterocycles. The normalized spacial score (nSPS) is 21.7. The van der Waals surface area contributed by atoms with Gasteiger partial charge in [0.2, 0.25) is 10.0 Å². The first-order valence-electron chi connectivity index (χ1n) is 9.00. The number of nitrogens with two attached hydrogens (primary N) is 1. The average Bonchev–Trinajstić information content (AvgIpc) is 3.03. The predicted molar refractivity (Wildman–Crippen MR) is 107 cm³/mol. The summed E-state index contributed by atoms with van der Waals surface area (Å²) in [6.45, 7) is 5.52. The van der Waals surface area contributed by atoms with E-state index >= 15 is 0 Å². The van der Waals surface area contributed by atoms with E-state index in [2.05, 4.69) is 9.71 Å². The van der Waals surface area contributed by atoms with Crippen LogP contribution >= 0.6 is 11.3 Å². The summed E-state index contributed by atoms with van der Waals surface area (Å²) >= 11 is 1.60. The largest absolute Gasteiger partial charge is 0.328 e. The van der Waals surface area contributed by atoms with E-state index in [-0.39, 0.29) is 0 Å². The lowest BCUT2D eigenvalue weighted by Gasteiger charge is -2.24. The van der Waals surface area contributed by atoms with Gasteiger partial charge < -0.3 is 5.73 Å². The zero-order chi connectivity index (χ0) is 18.9. The fraction of sp³-hybridized carbons (Fsp3) is 0.526. The number of nitrogens with zero attached hydrogens (tertiary/aromatic N) is 1. The van der Waals surface area contributed by atoms with Crippen LogP contribution in [0.5, 0.6) is 0 Å². The van der Waals surface area contributed by atoms with Crippen molar-refractivity contribution in [1.29, 1.82) is 0 Å². The lowest BCUT2D eigenvalue weighted by Crippen LogP contribution is -2.40. The van der Waals surface area contributed by atoms with Gasteiger partial charge in [-0.05, 0) is 52.5 Å². The summed E-state index contributed by atoms with van der Waals surface area (Å²) in [4.78, 5) is 5.80. The second kappa shape index (κ2) is 7.38. The van der Waals surface area contributed by atoms with Crippen molar-refractivity contribution in [2.45, 2.75) is 68.8 Å². The van der Waals surface area contributed by atoms with E-state index in [1.54, 1.807) is 29.7 Å². The van der Waals surface area contributed by atoms with Crippen LogP contribution in [0.3, 0.4) is 0 Å². The van der Waals surface area contributed by atoms with Gasteiger partial charge in [-0.25, -0.2) is 18.1 Å². The molecule has 3 rings (SSSR count). The Labute approximate surface area is 160 Å². The first-order valence-corrected chi connectivity index (χ1v) is 11.3. The minimum atomic E-state index is -3.61. The number of aromatic nitrogens is 1. The zero-order valence-electron chi connectivity index (χ0n) is 15.5. The average molecular weight is 394 g/mol. The van der Waals surface area contributed by atoms with Crippen LogP contribution in [-0.2, 0) is 10.0 Å². The molecule has 0 spiro atoms. The van der Waals surface area contributed by atoms with Crippen molar-refractivity contribution in [2.24, 2.45) is 5.73 Å². The number of nitrogens with one attached hydrogen (secondary N) is 1. The summed E-state index contributed by atoms with van der Waals surface area (Å²) < 4.78 is 28.4. The minimum absolute atomic E-state index is 0.302. The molecule has 1 fully saturated rings. The van der Waals surface area contributed by atoms with E-state index in [4.69, 9.17) is 5.73 Å². The molecule has 1 aromatic heterocycles. The first-order chi connectivity index (χ1) is 12.2. The van der Waals surface area contributed by atoms with E-state index in [9.17, 15) is 8.42 Å². The quantitative estimate of drug-likeness (QED) is 0.826. The lowest BCUT2D eigenvalue weighted by molar-refractivity contribution is 0.395. The molecular formula is C19H27N3O2S2. The second-order valence-electron chi connectivity index (χ2n) is 8.03. The molecule has 3 N–H and O–H groups in total. The Balaban J connectivity index is 1.92. The fourth-order valence-electron chi connectivity index (χ4n) is 3.33. The SMILES string of the molecule is CC(C)(C)NS(=O)(=O)c1ccccc1-c1cnc(C2CCC(N)CC2)s1. The molecule has 0 bridgehead atoms. The monoisotopic (exact) mass is 393 g/mol. The molecule has 2 aromatic rings. The number of hydrogen-bond acceptors (Lipinski definition) is 5. The van der Waals surface area contributed by atoms with Gasteiger partial charge in [0.1, 0.15) is 0 Å². The third kappa shape index (κ3) is 4.52. The summed E-state index contributed by atoms with van der Waals surface area (Å²) in [5.41, 5.74) is 6.17. The van der Waals surface area contributed by atoms with E-state index < -0.39 is 15.6 Å². The Kier molecular flexibility index (Phi) is 5.53. The topological polar surface area (TPSA) is 85.1 Å². The van der Waals surface area contributed by atoms with Crippen LogP contribution in [-0.4, -0.2) is 25.0 Å². The molecule has 1 saturated carbocycles. The Morgan fingerprint density at radius 2 is 1.81 bits per heavy atom. The van der Waals surface area contributed by atoms with Crippen molar-refractivity contribution in [1.82, 2.24) is 9.71 Å². The molecule has 0 unspecified atom stereocenters. The van der Waals surface area contributed by atoms with Gasteiger partial charge in [-0.2, -0.15) is 0 Å². The molecule has 0 amide bonds. The Morgan fingerprint density at radius 3 is 2.46 bits per heavy atom. The van der Waals surface area contributed by atoms with Gasteiger partial charge in [0.15, 0.2) is 0 Å². The molecule has 1 aliphatic carbocycles. The summed E-state index contributed by atoms with van der Waals surface area (Å²) in [5, 5.41) is 1.09. The number of thiazole rings is 1. The van der Waals surface area contributed by atoms with Gasteiger partial charge in [-0.3, -0.25) is 0 Å². The predicted octanol–water partition coefficient (Wildman–Crippen LogP) is 3.87. The van der Waals surface area contributed by atoms with Crippen LogP contribution in [0, 0.1) is 0 Å². The summed E-state index contributed by atoms with van der Waals surface area (Å²) in [6, 6.07) is 7.43. The van der Waals surface area contributed by atoms with E-state index in [1.165, 1.54) is 0 Å². The van der Waals surface area contributed by atoms with Crippen molar-refractivity contribution in [3.8, 4) is 10.4 Å². The molecule has 1 aromatic carbocycles. The molecule has 0 radical (unpaired) electrons. The first kappa shape index (κ1) is 19.5. The summed E-state index contributed by atoms with van der Waals surface area (Å²) in [6.07, 6.45) is 5.97. The molecule has 1 aliphatic rings. The molecule has 26 heavy (non-hydrogen) atoms. The number of benzene rings is 1. The zero-order valence-corrected chi connectivity index (χ0v) is 17.2. The Bertz CT molecular complexity index is 861. The molecule has 0 saturated heterocycles. The van der Waals surface area contributed by atoms with E-state index in [0.717, 1.165) is 35.6 Å². The van der Waals surface area contributed by atoms with Crippen LogP contribution in [0.4, 0.5) is 0 Å². The maximum Gasteiger partial charge on any atom is 0.241 e. The standard InChI is InChI=1S/C19H27N3O2S2/c1-19(2,3)22-26(23,24)17-7-5-4-6-15(17)16-12-21-18(25-16)13-8-10-14(20)11-9-13/h4-7,12-14,22H,8-11,20H2,1-3H3. The highest BCUT2D eigenvalue weighted by atomic mass is 32.2. The van der Waals surface area contributed by atoms with Crippen LogP contribution in [0.2, 0.25) is 0 Å². The maximum atomic E-state index is 12.8. The van der Waals surface area contributed by atoms with Gasteiger partial charge in [0.25, 0.3) is 0 Å². The van der Waals surface area contributed by atoms with Crippen molar-refractivity contribution in [3.05, 3.63) is 35.5 Å². The van der Waals surface area contributed by atoms with E-state index in [0.29, 0.717) is 22.4 Å². The van der Waals surface area contributed by atoms with Crippen molar-refractivity contribution in [3.63, 3.8) is 0 Å². The lowest BCUT2D eigenvalue weighted by atomic mass is 9.87. The number of sulfonamides is 1. The van der Waals surface area contributed by atoms with Gasteiger partial charge in [0, 0.05) is 29.3 Å². The highest BCUT2D eigenvalue weighted by Crippen LogP contribution is 2.38. The summed E-state index contributed by atoms with van der Waals surface area (Å²) in [5.74, 6) is 0.435. The minimum Gasteiger partial charge on any atom is -0.328 e. The fourth-order valence-corrected chi connectivity index (χ4v) is 6.16. The second-order valence-corrected chi connectivity index (χ2v) is 10.7. The van der Waals surface area contributed by atoms with Crippen LogP contribution < -0.4 is 10.5 Å². The summed E-state index contributed by atoms with van der Waals surface area (Å²) in [7, 11) is -3.61. The molecule has 0 aliphatic heterocycles. The maximum absolute atomic E-state index is 12.8. The molecule has 142 valence electrons. The molecular weight excluding hydrogens is 366 g/mol. The molecule has 0 atom stereocenters. The van der Waals surface area contributed by atoms with Crippen molar-refractivity contribution in [2.75, 3.05) is 0 Å². The Hall–Kier alpha value is -1.28. The number of hydrogen-bond donors (Lipinski definition) is 2. The number of rotatable bonds is 4. The van der Waals surface area contributed by atoms with Crippen molar-refractivity contribution >= 4 is 21.4 Å². The van der Waals surface area contributed by atoms with Crippen LogP contribution in [0.15, 0.2) is 35.4 Å². The van der Waals surface area contributed by atoms with Gasteiger partial charge >= 0.3 is 0 Å². The highest BCUT2D eigenvalue weighted by molar-refractivity contribution is 7.89. The third-order valence-electron chi connectivity index (χ3n) is 4.53. The molecule has 7 heteroatoms. The van der Waals surface area contributed by atoms with Crippen LogP contribution in [0.25, 0.3) is 10.4 Å². The van der Waals surface area contributed by atoms with Gasteiger partial charge in [0.05, 0.1) is 14.8 Å². The smallest absolute Gasteiger partial charge is 0.241 e. The highest BCUT2D eigenvalue weighted by Gasteiger charge is 2.27. The van der Waals surface area contributed by atoms with Crippen LogP contribution in [0.1, 0.15) is 57.4 Å². The van der Waals surface area contributed by atoms with Gasteiger partial charge in [-0.15, -0.1) is 11.3 Å². The van der Waals surface area contributed by atoms with E-state index in [1.807, 2.05) is 32.9 Å². The van der Waals surface area contributed by atoms with Gasteiger partial charge in [-0.1, -0.05) is 18.2 Å². The van der Waals surface area contributed by atoms with Crippen molar-refractivity contribution < 1.29 is 8.42 Å².